The summed E-state index contributed by atoms with van der Waals surface area (Å²) >= 11 is 1.46. The number of aryl methyl sites for hydroxylation is 1. The Kier molecular flexibility index (Phi) is 10.9. The van der Waals surface area contributed by atoms with Crippen LogP contribution in [0.5, 0.6) is 5.75 Å². The number of methoxy groups -OCH3 is 1. The van der Waals surface area contributed by atoms with Gasteiger partial charge in [-0.1, -0.05) is 42.5 Å². The normalized spacial score (nSPS) is 12.9. The van der Waals surface area contributed by atoms with E-state index in [2.05, 4.69) is 10.6 Å². The molecule has 0 fully saturated rings. The van der Waals surface area contributed by atoms with Crippen LogP contribution in [0, 0.1) is 0 Å². The van der Waals surface area contributed by atoms with Crippen LogP contribution in [0.2, 0.25) is 0 Å². The molecule has 0 aliphatic rings. The minimum absolute atomic E-state index is 0.210. The van der Waals surface area contributed by atoms with Gasteiger partial charge in [-0.25, -0.2) is 0 Å². The van der Waals surface area contributed by atoms with E-state index in [1.54, 1.807) is 58.2 Å². The van der Waals surface area contributed by atoms with Crippen LogP contribution in [0.4, 0.5) is 10.5 Å². The molecule has 2 N–H and O–H groups in total. The molecule has 0 saturated carbocycles. The van der Waals surface area contributed by atoms with E-state index in [9.17, 15) is 19.5 Å². The predicted octanol–water partition coefficient (Wildman–Crippen LogP) is 4.42. The zero-order chi connectivity index (χ0) is 29.1. The molecular formula is C31H36N3O5S-. The summed E-state index contributed by atoms with van der Waals surface area (Å²) < 4.78 is 5.15. The van der Waals surface area contributed by atoms with Crippen molar-refractivity contribution in [2.24, 2.45) is 0 Å². The van der Waals surface area contributed by atoms with Gasteiger partial charge in [-0.15, -0.1) is 11.3 Å². The molecule has 1 aromatic heterocycles. The van der Waals surface area contributed by atoms with Crippen LogP contribution >= 0.6 is 11.3 Å². The van der Waals surface area contributed by atoms with E-state index < -0.39 is 29.6 Å². The summed E-state index contributed by atoms with van der Waals surface area (Å²) in [5, 5.41) is 19.9. The van der Waals surface area contributed by atoms with Crippen molar-refractivity contribution in [2.75, 3.05) is 12.4 Å². The van der Waals surface area contributed by atoms with Crippen LogP contribution in [-0.2, 0) is 22.4 Å². The molecular weight excluding hydrogens is 526 g/mol. The van der Waals surface area contributed by atoms with Crippen molar-refractivity contribution in [2.45, 2.75) is 57.7 Å². The molecule has 40 heavy (non-hydrogen) atoms. The lowest BCUT2D eigenvalue weighted by Crippen LogP contribution is -2.62. The number of carbonyl (C=O) groups excluding carboxylic acids is 3. The maximum absolute atomic E-state index is 13.7. The molecule has 9 heteroatoms. The molecule has 212 valence electrons. The lowest BCUT2D eigenvalue weighted by Gasteiger charge is -2.43. The zero-order valence-electron chi connectivity index (χ0n) is 23.3. The van der Waals surface area contributed by atoms with Crippen LogP contribution in [0.15, 0.2) is 84.3 Å². The largest absolute Gasteiger partial charge is 0.530 e. The quantitative estimate of drug-likeness (QED) is 0.318. The number of rotatable bonds is 12. The fraction of sp³-hybridized carbons (Fsp3) is 0.323. The van der Waals surface area contributed by atoms with Crippen molar-refractivity contribution in [3.8, 4) is 5.75 Å². The summed E-state index contributed by atoms with van der Waals surface area (Å²) in [7, 11) is 1.57. The number of carboxylic acid groups (broad SMARTS) is 1. The first-order valence-electron chi connectivity index (χ1n) is 13.1. The lowest BCUT2D eigenvalue weighted by molar-refractivity contribution is -0.273. The number of thiophene rings is 1. The summed E-state index contributed by atoms with van der Waals surface area (Å²) in [4.78, 5) is 40.5. The van der Waals surface area contributed by atoms with Crippen molar-refractivity contribution in [3.63, 3.8) is 0 Å². The average molecular weight is 563 g/mol. The first-order valence-corrected chi connectivity index (χ1v) is 13.9. The minimum Gasteiger partial charge on any atom is -0.530 e. The number of hydrogen-bond acceptors (Lipinski definition) is 6. The Morgan fingerprint density at radius 2 is 1.73 bits per heavy atom. The molecule has 3 aromatic rings. The van der Waals surface area contributed by atoms with Crippen LogP contribution in [-0.4, -0.2) is 47.5 Å². The highest BCUT2D eigenvalue weighted by Crippen LogP contribution is 2.22. The smallest absolute Gasteiger partial charge is 0.248 e. The van der Waals surface area contributed by atoms with Gasteiger partial charge < -0.3 is 30.2 Å². The zero-order valence-corrected chi connectivity index (χ0v) is 24.1. The summed E-state index contributed by atoms with van der Waals surface area (Å²) in [6, 6.07) is 19.0. The SMILES string of the molecule is COc1ccc(NC(=O)/C=C/[C@H](CCc2ccccc2)NC(=O)[C@H](Cc2cccs2)N(C(=O)[O-])C(C)(C)C)cc1. The number of nitrogens with zero attached hydrogens (tertiary/aromatic N) is 1. The van der Waals surface area contributed by atoms with Crippen LogP contribution in [0.1, 0.15) is 37.6 Å². The Labute approximate surface area is 239 Å². The Bertz CT molecular complexity index is 1270. The van der Waals surface area contributed by atoms with Crippen LogP contribution in [0.3, 0.4) is 0 Å². The maximum atomic E-state index is 13.7. The fourth-order valence-corrected chi connectivity index (χ4v) is 5.06. The van der Waals surface area contributed by atoms with E-state index in [-0.39, 0.29) is 12.3 Å². The second-order valence-corrected chi connectivity index (χ2v) is 11.4. The van der Waals surface area contributed by atoms with E-state index in [1.165, 1.54) is 17.4 Å². The summed E-state index contributed by atoms with van der Waals surface area (Å²) in [5.74, 6) is -0.133. The summed E-state index contributed by atoms with van der Waals surface area (Å²) in [6.45, 7) is 5.19. The number of amides is 3. The van der Waals surface area contributed by atoms with E-state index >= 15 is 0 Å². The number of ether oxygens (including phenoxy) is 1. The second kappa shape index (κ2) is 14.3. The van der Waals surface area contributed by atoms with Crippen molar-refractivity contribution >= 4 is 34.9 Å². The monoisotopic (exact) mass is 562 g/mol. The Balaban J connectivity index is 1.81. The number of nitrogens with one attached hydrogen (secondary N) is 2. The Hall–Kier alpha value is -4.11. The molecule has 1 heterocycles. The molecule has 0 bridgehead atoms. The summed E-state index contributed by atoms with van der Waals surface area (Å²) in [6.07, 6.45) is 2.97. The average Bonchev–Trinajstić information content (AvgIpc) is 3.43. The third kappa shape index (κ3) is 9.27. The Morgan fingerprint density at radius 3 is 2.30 bits per heavy atom. The first-order chi connectivity index (χ1) is 19.1. The molecule has 0 unspecified atom stereocenters. The van der Waals surface area contributed by atoms with Gasteiger partial charge in [0.25, 0.3) is 0 Å². The van der Waals surface area contributed by atoms with E-state index in [0.29, 0.717) is 24.3 Å². The van der Waals surface area contributed by atoms with Crippen molar-refractivity contribution in [1.82, 2.24) is 10.2 Å². The molecule has 8 nitrogen and oxygen atoms in total. The second-order valence-electron chi connectivity index (χ2n) is 10.3. The molecule has 3 amide bonds. The van der Waals surface area contributed by atoms with Gasteiger partial charge in [0.2, 0.25) is 11.8 Å². The Morgan fingerprint density at radius 1 is 1.02 bits per heavy atom. The first kappa shape index (κ1) is 30.4. The molecule has 0 saturated heterocycles. The van der Waals surface area contributed by atoms with Gasteiger partial charge in [0.15, 0.2) is 0 Å². The number of carbonyl (C=O) groups is 3. The van der Waals surface area contributed by atoms with E-state index in [1.807, 2.05) is 47.8 Å². The van der Waals surface area contributed by atoms with E-state index in [0.717, 1.165) is 15.3 Å². The molecule has 0 spiro atoms. The topological polar surface area (TPSA) is 111 Å². The van der Waals surface area contributed by atoms with Crippen molar-refractivity contribution in [3.05, 3.63) is 94.7 Å². The molecule has 3 rings (SSSR count). The van der Waals surface area contributed by atoms with Gasteiger partial charge in [-0.05, 0) is 74.9 Å². The third-order valence-corrected chi connectivity index (χ3v) is 7.16. The molecule has 2 atom stereocenters. The maximum Gasteiger partial charge on any atom is 0.248 e. The molecule has 2 aromatic carbocycles. The van der Waals surface area contributed by atoms with Gasteiger partial charge in [0.1, 0.15) is 17.9 Å². The number of hydrogen-bond donors (Lipinski definition) is 2. The van der Waals surface area contributed by atoms with Crippen LogP contribution < -0.4 is 20.5 Å². The van der Waals surface area contributed by atoms with Crippen molar-refractivity contribution < 1.29 is 24.2 Å². The third-order valence-electron chi connectivity index (χ3n) is 6.26. The molecule has 0 aliphatic carbocycles. The van der Waals surface area contributed by atoms with Gasteiger partial charge in [0, 0.05) is 34.6 Å². The van der Waals surface area contributed by atoms with Gasteiger partial charge in [-0.2, -0.15) is 0 Å². The number of benzene rings is 2. The predicted molar refractivity (Wildman–Crippen MR) is 156 cm³/mol. The van der Waals surface area contributed by atoms with E-state index in [4.69, 9.17) is 4.74 Å². The minimum atomic E-state index is -1.42. The van der Waals surface area contributed by atoms with Gasteiger partial charge >= 0.3 is 0 Å². The summed E-state index contributed by atoms with van der Waals surface area (Å²) in [5.41, 5.74) is 0.816. The number of anilines is 1. The fourth-order valence-electron chi connectivity index (χ4n) is 4.31. The highest BCUT2D eigenvalue weighted by molar-refractivity contribution is 7.09. The van der Waals surface area contributed by atoms with Gasteiger partial charge in [-0.3, -0.25) is 9.59 Å². The highest BCUT2D eigenvalue weighted by Gasteiger charge is 2.34. The molecule has 0 aliphatic heterocycles. The van der Waals surface area contributed by atoms with Crippen molar-refractivity contribution in [1.29, 1.82) is 0 Å². The molecule has 0 radical (unpaired) electrons. The van der Waals surface area contributed by atoms with Crippen LogP contribution in [0.25, 0.3) is 0 Å². The highest BCUT2D eigenvalue weighted by atomic mass is 32.1. The lowest BCUT2D eigenvalue weighted by atomic mass is 9.99. The van der Waals surface area contributed by atoms with Gasteiger partial charge in [0.05, 0.1) is 7.11 Å². The standard InChI is InChI=1S/C31H37N3O5S/c1-31(2,3)34(30(37)38)27(21-26-11-8-20-40-26)29(36)33-24(13-12-22-9-6-5-7-10-22)16-19-28(35)32-23-14-17-25(39-4)18-15-23/h5-11,14-20,24,27H,12-13,21H2,1-4H3,(H,32,35)(H,33,36)(H,37,38)/p-1/b19-16+/t24-,27-/m0/s1.